The number of rotatable bonds is 7. The number of hydrogen-bond donors (Lipinski definition) is 1. The second-order valence-corrected chi connectivity index (χ2v) is 5.94. The normalized spacial score (nSPS) is 18.6. The van der Waals surface area contributed by atoms with Gasteiger partial charge < -0.3 is 5.73 Å². The fourth-order valence-electron chi connectivity index (χ4n) is 3.11. The Morgan fingerprint density at radius 2 is 2.16 bits per heavy atom. The lowest BCUT2D eigenvalue weighted by Crippen LogP contribution is -2.26. The van der Waals surface area contributed by atoms with Gasteiger partial charge in [0.15, 0.2) is 0 Å². The van der Waals surface area contributed by atoms with Gasteiger partial charge in [-0.05, 0) is 25.2 Å². The van der Waals surface area contributed by atoms with Gasteiger partial charge in [0.25, 0.3) is 0 Å². The van der Waals surface area contributed by atoms with E-state index in [2.05, 4.69) is 17.0 Å². The maximum atomic E-state index is 6.27. The topological polar surface area (TPSA) is 56.7 Å². The minimum Gasteiger partial charge on any atom is -0.327 e. The van der Waals surface area contributed by atoms with Crippen molar-refractivity contribution in [1.29, 1.82) is 0 Å². The molecular formula is C15H28N4. The highest BCUT2D eigenvalue weighted by atomic mass is 15.3. The predicted octanol–water partition coefficient (Wildman–Crippen LogP) is 2.92. The molecule has 1 aliphatic carbocycles. The van der Waals surface area contributed by atoms with Crippen molar-refractivity contribution >= 4 is 0 Å². The van der Waals surface area contributed by atoms with Crippen LogP contribution >= 0.6 is 0 Å². The summed E-state index contributed by atoms with van der Waals surface area (Å²) < 4.78 is 2.00. The molecule has 1 atom stereocenters. The summed E-state index contributed by atoms with van der Waals surface area (Å²) in [6, 6.07) is 0.238. The van der Waals surface area contributed by atoms with E-state index in [4.69, 9.17) is 5.73 Å². The third-order valence-corrected chi connectivity index (χ3v) is 4.25. The molecule has 0 amide bonds. The standard InChI is InChI=1S/C15H28N4/c1-2-10-19-15(17-12-18-19)11-14(16)9-8-13-6-4-3-5-7-13/h12-14H,2-11,16H2,1H3. The van der Waals surface area contributed by atoms with Crippen molar-refractivity contribution in [3.8, 4) is 0 Å². The number of aryl methyl sites for hydroxylation is 1. The Morgan fingerprint density at radius 1 is 1.37 bits per heavy atom. The van der Waals surface area contributed by atoms with Gasteiger partial charge in [0.1, 0.15) is 12.2 Å². The van der Waals surface area contributed by atoms with E-state index in [0.717, 1.165) is 37.5 Å². The smallest absolute Gasteiger partial charge is 0.138 e. The minimum absolute atomic E-state index is 0.238. The van der Waals surface area contributed by atoms with Gasteiger partial charge in [-0.2, -0.15) is 5.10 Å². The molecule has 108 valence electrons. The SMILES string of the molecule is CCCn1ncnc1CC(N)CCC1CCCCC1. The van der Waals surface area contributed by atoms with Crippen LogP contribution in [0.5, 0.6) is 0 Å². The van der Waals surface area contributed by atoms with Gasteiger partial charge in [-0.15, -0.1) is 0 Å². The Bertz CT molecular complexity index is 355. The van der Waals surface area contributed by atoms with Crippen molar-refractivity contribution in [3.05, 3.63) is 12.2 Å². The largest absolute Gasteiger partial charge is 0.327 e. The first-order valence-electron chi connectivity index (χ1n) is 7.92. The molecule has 1 aliphatic rings. The molecule has 0 spiro atoms. The van der Waals surface area contributed by atoms with Crippen molar-refractivity contribution in [3.63, 3.8) is 0 Å². The molecule has 2 rings (SSSR count). The molecule has 4 heteroatoms. The van der Waals surface area contributed by atoms with E-state index in [0.29, 0.717) is 0 Å². The number of nitrogens with zero attached hydrogens (tertiary/aromatic N) is 3. The zero-order chi connectivity index (χ0) is 13.5. The lowest BCUT2D eigenvalue weighted by molar-refractivity contribution is 0.321. The highest BCUT2D eigenvalue weighted by Crippen LogP contribution is 2.27. The molecule has 0 aliphatic heterocycles. The first-order chi connectivity index (χ1) is 9.29. The van der Waals surface area contributed by atoms with Crippen molar-refractivity contribution in [2.24, 2.45) is 11.7 Å². The first kappa shape index (κ1) is 14.5. The van der Waals surface area contributed by atoms with E-state index in [1.165, 1.54) is 38.5 Å². The number of hydrogen-bond acceptors (Lipinski definition) is 3. The van der Waals surface area contributed by atoms with Gasteiger partial charge in [-0.25, -0.2) is 4.98 Å². The molecule has 1 unspecified atom stereocenters. The van der Waals surface area contributed by atoms with Crippen LogP contribution in [0.3, 0.4) is 0 Å². The second-order valence-electron chi connectivity index (χ2n) is 5.94. The van der Waals surface area contributed by atoms with Crippen molar-refractivity contribution in [2.75, 3.05) is 0 Å². The van der Waals surface area contributed by atoms with Crippen LogP contribution in [-0.2, 0) is 13.0 Å². The Labute approximate surface area is 116 Å². The van der Waals surface area contributed by atoms with Crippen LogP contribution in [0.25, 0.3) is 0 Å². The van der Waals surface area contributed by atoms with E-state index in [9.17, 15) is 0 Å². The number of aromatic nitrogens is 3. The van der Waals surface area contributed by atoms with Crippen LogP contribution in [0.1, 0.15) is 64.1 Å². The van der Waals surface area contributed by atoms with Crippen LogP contribution in [0.15, 0.2) is 6.33 Å². The van der Waals surface area contributed by atoms with Crippen molar-refractivity contribution in [2.45, 2.75) is 77.3 Å². The summed E-state index contributed by atoms with van der Waals surface area (Å²) in [6.45, 7) is 3.11. The monoisotopic (exact) mass is 264 g/mol. The molecule has 19 heavy (non-hydrogen) atoms. The summed E-state index contributed by atoms with van der Waals surface area (Å²) in [4.78, 5) is 4.34. The summed E-state index contributed by atoms with van der Waals surface area (Å²) in [5, 5.41) is 4.26. The van der Waals surface area contributed by atoms with Gasteiger partial charge in [-0.1, -0.05) is 39.0 Å². The van der Waals surface area contributed by atoms with Crippen LogP contribution < -0.4 is 5.73 Å². The lowest BCUT2D eigenvalue weighted by atomic mass is 9.85. The van der Waals surface area contributed by atoms with E-state index < -0.39 is 0 Å². The van der Waals surface area contributed by atoms with Crippen LogP contribution in [0, 0.1) is 5.92 Å². The van der Waals surface area contributed by atoms with Gasteiger partial charge in [0.05, 0.1) is 0 Å². The molecule has 1 aromatic rings. The van der Waals surface area contributed by atoms with E-state index in [1.807, 2.05) is 4.68 Å². The fourth-order valence-corrected chi connectivity index (χ4v) is 3.11. The Hall–Kier alpha value is -0.900. The Morgan fingerprint density at radius 3 is 2.89 bits per heavy atom. The van der Waals surface area contributed by atoms with Crippen LogP contribution in [-0.4, -0.2) is 20.8 Å². The maximum Gasteiger partial charge on any atom is 0.138 e. The third-order valence-electron chi connectivity index (χ3n) is 4.25. The van der Waals surface area contributed by atoms with Crippen LogP contribution in [0.2, 0.25) is 0 Å². The molecule has 0 aromatic carbocycles. The summed E-state index contributed by atoms with van der Waals surface area (Å²) in [6.07, 6.45) is 13.1. The van der Waals surface area contributed by atoms with Crippen LogP contribution in [0.4, 0.5) is 0 Å². The molecule has 0 radical (unpaired) electrons. The predicted molar refractivity (Wildman–Crippen MR) is 77.8 cm³/mol. The first-order valence-corrected chi connectivity index (χ1v) is 7.92. The van der Waals surface area contributed by atoms with E-state index >= 15 is 0 Å². The zero-order valence-corrected chi connectivity index (χ0v) is 12.2. The summed E-state index contributed by atoms with van der Waals surface area (Å²) in [5.74, 6) is 1.98. The van der Waals surface area contributed by atoms with Crippen molar-refractivity contribution < 1.29 is 0 Å². The molecule has 1 heterocycles. The molecule has 0 bridgehead atoms. The molecule has 0 saturated heterocycles. The minimum atomic E-state index is 0.238. The second kappa shape index (κ2) is 7.63. The Balaban J connectivity index is 1.73. The molecular weight excluding hydrogens is 236 g/mol. The molecule has 1 saturated carbocycles. The quantitative estimate of drug-likeness (QED) is 0.823. The van der Waals surface area contributed by atoms with Gasteiger partial charge in [-0.3, -0.25) is 4.68 Å². The Kier molecular flexibility index (Phi) is 5.83. The van der Waals surface area contributed by atoms with E-state index in [1.54, 1.807) is 6.33 Å². The highest BCUT2D eigenvalue weighted by molar-refractivity contribution is 4.89. The molecule has 4 nitrogen and oxygen atoms in total. The summed E-state index contributed by atoms with van der Waals surface area (Å²) in [5.41, 5.74) is 6.27. The molecule has 1 aromatic heterocycles. The molecule has 2 N–H and O–H groups in total. The summed E-state index contributed by atoms with van der Waals surface area (Å²) in [7, 11) is 0. The maximum absolute atomic E-state index is 6.27. The summed E-state index contributed by atoms with van der Waals surface area (Å²) >= 11 is 0. The third kappa shape index (κ3) is 4.60. The van der Waals surface area contributed by atoms with Gasteiger partial charge in [0.2, 0.25) is 0 Å². The zero-order valence-electron chi connectivity index (χ0n) is 12.2. The highest BCUT2D eigenvalue weighted by Gasteiger charge is 2.16. The van der Waals surface area contributed by atoms with Gasteiger partial charge in [0, 0.05) is 19.0 Å². The van der Waals surface area contributed by atoms with E-state index in [-0.39, 0.29) is 6.04 Å². The fraction of sp³-hybridized carbons (Fsp3) is 0.867. The van der Waals surface area contributed by atoms with Gasteiger partial charge >= 0.3 is 0 Å². The lowest BCUT2D eigenvalue weighted by Gasteiger charge is -2.22. The number of nitrogens with two attached hydrogens (primary N) is 1. The molecule has 1 fully saturated rings. The average Bonchev–Trinajstić information content (AvgIpc) is 2.85. The van der Waals surface area contributed by atoms with Crippen molar-refractivity contribution in [1.82, 2.24) is 14.8 Å². The average molecular weight is 264 g/mol.